The highest BCUT2D eigenvalue weighted by Gasteiger charge is 2.10. The average molecular weight is 277 g/mol. The molecule has 0 heterocycles. The summed E-state index contributed by atoms with van der Waals surface area (Å²) in [6.07, 6.45) is 1.16. The fourth-order valence-electron chi connectivity index (χ4n) is 1.72. The van der Waals surface area contributed by atoms with Gasteiger partial charge in [-0.25, -0.2) is 0 Å². The molecule has 2 amide bonds. The zero-order chi connectivity index (χ0) is 15.1. The van der Waals surface area contributed by atoms with E-state index in [0.29, 0.717) is 17.8 Å². The van der Waals surface area contributed by atoms with E-state index >= 15 is 0 Å². The summed E-state index contributed by atoms with van der Waals surface area (Å²) in [6, 6.07) is 5.37. The van der Waals surface area contributed by atoms with Gasteiger partial charge in [-0.2, -0.15) is 0 Å². The Morgan fingerprint density at radius 1 is 1.35 bits per heavy atom. The molecule has 5 nitrogen and oxygen atoms in total. The maximum absolute atomic E-state index is 12.0. The molecule has 0 spiro atoms. The number of nitrogens with two attached hydrogens (primary N) is 1. The quantitative estimate of drug-likeness (QED) is 0.691. The lowest BCUT2D eigenvalue weighted by atomic mass is 10.1. The van der Waals surface area contributed by atoms with Gasteiger partial charge in [0.1, 0.15) is 0 Å². The molecule has 0 fully saturated rings. The number of hydrogen-bond acceptors (Lipinski definition) is 3. The number of carbonyl (C=O) groups is 2. The van der Waals surface area contributed by atoms with Crippen molar-refractivity contribution in [2.75, 3.05) is 12.3 Å². The Balaban J connectivity index is 2.44. The first-order valence-corrected chi connectivity index (χ1v) is 6.87. The molecule has 0 bridgehead atoms. The number of anilines is 1. The monoisotopic (exact) mass is 277 g/mol. The van der Waals surface area contributed by atoms with Crippen molar-refractivity contribution in [3.05, 3.63) is 29.3 Å². The Morgan fingerprint density at radius 2 is 2.05 bits per heavy atom. The molecule has 0 aliphatic heterocycles. The van der Waals surface area contributed by atoms with Gasteiger partial charge in [0.25, 0.3) is 5.91 Å². The van der Waals surface area contributed by atoms with Crippen LogP contribution in [0, 0.1) is 6.92 Å². The Labute approximate surface area is 119 Å². The first-order valence-electron chi connectivity index (χ1n) is 6.87. The van der Waals surface area contributed by atoms with Gasteiger partial charge in [-0.3, -0.25) is 9.59 Å². The van der Waals surface area contributed by atoms with Crippen LogP contribution in [0.3, 0.4) is 0 Å². The number of benzene rings is 1. The van der Waals surface area contributed by atoms with Crippen LogP contribution in [0.5, 0.6) is 0 Å². The molecule has 0 aromatic heterocycles. The van der Waals surface area contributed by atoms with Crippen molar-refractivity contribution in [2.45, 2.75) is 39.7 Å². The maximum atomic E-state index is 12.0. The van der Waals surface area contributed by atoms with Gasteiger partial charge in [-0.05, 0) is 38.0 Å². The summed E-state index contributed by atoms with van der Waals surface area (Å²) in [4.78, 5) is 23.5. The number of nitrogens with one attached hydrogen (secondary N) is 2. The van der Waals surface area contributed by atoms with Crippen LogP contribution in [-0.4, -0.2) is 24.4 Å². The van der Waals surface area contributed by atoms with Crippen LogP contribution in [0.25, 0.3) is 0 Å². The summed E-state index contributed by atoms with van der Waals surface area (Å²) in [5.41, 5.74) is 7.63. The van der Waals surface area contributed by atoms with Crippen molar-refractivity contribution in [2.24, 2.45) is 0 Å². The van der Waals surface area contributed by atoms with E-state index in [0.717, 1.165) is 12.0 Å². The molecule has 0 radical (unpaired) electrons. The van der Waals surface area contributed by atoms with E-state index in [2.05, 4.69) is 10.6 Å². The number of rotatable bonds is 6. The second kappa shape index (κ2) is 7.53. The zero-order valence-corrected chi connectivity index (χ0v) is 12.3. The van der Waals surface area contributed by atoms with Crippen molar-refractivity contribution in [3.63, 3.8) is 0 Å². The lowest BCUT2D eigenvalue weighted by molar-refractivity contribution is -0.121. The summed E-state index contributed by atoms with van der Waals surface area (Å²) in [6.45, 7) is 6.13. The van der Waals surface area contributed by atoms with E-state index in [1.54, 1.807) is 18.2 Å². The summed E-state index contributed by atoms with van der Waals surface area (Å²) >= 11 is 0. The highest BCUT2D eigenvalue weighted by atomic mass is 16.2. The predicted molar refractivity (Wildman–Crippen MR) is 80.4 cm³/mol. The second-order valence-corrected chi connectivity index (χ2v) is 4.96. The van der Waals surface area contributed by atoms with Crippen molar-refractivity contribution >= 4 is 17.5 Å². The van der Waals surface area contributed by atoms with Gasteiger partial charge in [0.15, 0.2) is 0 Å². The van der Waals surface area contributed by atoms with Gasteiger partial charge in [0, 0.05) is 30.3 Å². The SMILES string of the molecule is CCC(C)NC(=O)CCNC(=O)c1cc(N)ccc1C. The van der Waals surface area contributed by atoms with Crippen molar-refractivity contribution < 1.29 is 9.59 Å². The standard InChI is InChI=1S/C15H23N3O2/c1-4-11(3)18-14(19)7-8-17-15(20)13-9-12(16)6-5-10(13)2/h5-6,9,11H,4,7-8,16H2,1-3H3,(H,17,20)(H,18,19). The van der Waals surface area contributed by atoms with E-state index < -0.39 is 0 Å². The number of amides is 2. The number of aryl methyl sites for hydroxylation is 1. The van der Waals surface area contributed by atoms with Crippen LogP contribution in [0.2, 0.25) is 0 Å². The lowest BCUT2D eigenvalue weighted by Gasteiger charge is -2.12. The fourth-order valence-corrected chi connectivity index (χ4v) is 1.72. The topological polar surface area (TPSA) is 84.2 Å². The largest absolute Gasteiger partial charge is 0.399 e. The van der Waals surface area contributed by atoms with E-state index in [-0.39, 0.29) is 24.3 Å². The van der Waals surface area contributed by atoms with Crippen molar-refractivity contribution in [3.8, 4) is 0 Å². The molecule has 0 aliphatic rings. The number of nitrogen functional groups attached to an aromatic ring is 1. The van der Waals surface area contributed by atoms with Crippen molar-refractivity contribution in [1.82, 2.24) is 10.6 Å². The minimum absolute atomic E-state index is 0.0519. The highest BCUT2D eigenvalue weighted by molar-refractivity contribution is 5.96. The number of hydrogen-bond donors (Lipinski definition) is 3. The smallest absolute Gasteiger partial charge is 0.251 e. The first-order chi connectivity index (χ1) is 9.43. The highest BCUT2D eigenvalue weighted by Crippen LogP contribution is 2.12. The van der Waals surface area contributed by atoms with E-state index in [9.17, 15) is 9.59 Å². The minimum Gasteiger partial charge on any atom is -0.399 e. The molecule has 1 unspecified atom stereocenters. The lowest BCUT2D eigenvalue weighted by Crippen LogP contribution is -2.35. The molecule has 110 valence electrons. The molecule has 1 aromatic carbocycles. The fraction of sp³-hybridized carbons (Fsp3) is 0.467. The molecule has 1 aromatic rings. The molecular formula is C15H23N3O2. The summed E-state index contributed by atoms with van der Waals surface area (Å²) in [5.74, 6) is -0.255. The Morgan fingerprint density at radius 3 is 2.70 bits per heavy atom. The number of carbonyl (C=O) groups excluding carboxylic acids is 2. The van der Waals surface area contributed by atoms with E-state index in [1.165, 1.54) is 0 Å². The predicted octanol–water partition coefficient (Wildman–Crippen LogP) is 1.61. The van der Waals surface area contributed by atoms with Crippen LogP contribution in [-0.2, 0) is 4.79 Å². The summed E-state index contributed by atoms with van der Waals surface area (Å²) < 4.78 is 0. The van der Waals surface area contributed by atoms with E-state index in [4.69, 9.17) is 5.73 Å². The van der Waals surface area contributed by atoms with Crippen LogP contribution in [0.1, 0.15) is 42.6 Å². The van der Waals surface area contributed by atoms with Crippen LogP contribution >= 0.6 is 0 Å². The van der Waals surface area contributed by atoms with Gasteiger partial charge in [-0.1, -0.05) is 13.0 Å². The molecule has 20 heavy (non-hydrogen) atoms. The van der Waals surface area contributed by atoms with Gasteiger partial charge in [-0.15, -0.1) is 0 Å². The maximum Gasteiger partial charge on any atom is 0.251 e. The van der Waals surface area contributed by atoms with Crippen LogP contribution < -0.4 is 16.4 Å². The molecule has 1 rings (SSSR count). The Kier molecular flexibility index (Phi) is 6.03. The van der Waals surface area contributed by atoms with Gasteiger partial charge >= 0.3 is 0 Å². The molecule has 0 saturated heterocycles. The summed E-state index contributed by atoms with van der Waals surface area (Å²) in [5, 5.41) is 5.59. The summed E-state index contributed by atoms with van der Waals surface area (Å²) in [7, 11) is 0. The van der Waals surface area contributed by atoms with Crippen LogP contribution in [0.15, 0.2) is 18.2 Å². The third kappa shape index (κ3) is 4.91. The Bertz CT molecular complexity index is 486. The van der Waals surface area contributed by atoms with E-state index in [1.807, 2.05) is 20.8 Å². The van der Waals surface area contributed by atoms with Crippen molar-refractivity contribution in [1.29, 1.82) is 0 Å². The third-order valence-corrected chi connectivity index (χ3v) is 3.16. The second-order valence-electron chi connectivity index (χ2n) is 4.96. The molecule has 0 saturated carbocycles. The zero-order valence-electron chi connectivity index (χ0n) is 12.3. The first kappa shape index (κ1) is 16.0. The normalized spacial score (nSPS) is 11.8. The van der Waals surface area contributed by atoms with Gasteiger partial charge in [0.05, 0.1) is 0 Å². The van der Waals surface area contributed by atoms with Gasteiger partial charge < -0.3 is 16.4 Å². The molecule has 4 N–H and O–H groups in total. The molecule has 5 heteroatoms. The molecule has 1 atom stereocenters. The van der Waals surface area contributed by atoms with Gasteiger partial charge in [0.2, 0.25) is 5.91 Å². The average Bonchev–Trinajstić information content (AvgIpc) is 2.41. The minimum atomic E-state index is -0.203. The Hall–Kier alpha value is -2.04. The third-order valence-electron chi connectivity index (χ3n) is 3.16. The van der Waals surface area contributed by atoms with Crippen LogP contribution in [0.4, 0.5) is 5.69 Å². The molecular weight excluding hydrogens is 254 g/mol. The molecule has 0 aliphatic carbocycles.